The summed E-state index contributed by atoms with van der Waals surface area (Å²) in [6, 6.07) is 7.07. The summed E-state index contributed by atoms with van der Waals surface area (Å²) in [4.78, 5) is 20.5. The van der Waals surface area contributed by atoms with Crippen molar-refractivity contribution < 1.29 is 9.18 Å². The molecule has 170 valence electrons. The number of nitrogens with zero attached hydrogens (tertiary/aromatic N) is 3. The van der Waals surface area contributed by atoms with Crippen LogP contribution in [0.15, 0.2) is 29.3 Å². The highest BCUT2D eigenvalue weighted by atomic mass is 127. The zero-order valence-electron chi connectivity index (χ0n) is 18.9. The van der Waals surface area contributed by atoms with Gasteiger partial charge in [-0.1, -0.05) is 26.0 Å². The van der Waals surface area contributed by atoms with Gasteiger partial charge >= 0.3 is 0 Å². The zero-order chi connectivity index (χ0) is 21.4. The molecule has 0 bridgehead atoms. The van der Waals surface area contributed by atoms with Crippen LogP contribution in [0.1, 0.15) is 39.2 Å². The summed E-state index contributed by atoms with van der Waals surface area (Å²) >= 11 is 0. The molecule has 0 aromatic heterocycles. The topological polar surface area (TPSA) is 60.0 Å². The van der Waals surface area contributed by atoms with E-state index in [9.17, 15) is 9.18 Å². The molecular weight excluding hydrogens is 496 g/mol. The first-order valence-electron chi connectivity index (χ1n) is 10.4. The van der Waals surface area contributed by atoms with Crippen LogP contribution >= 0.6 is 24.0 Å². The van der Waals surface area contributed by atoms with Crippen LogP contribution in [-0.4, -0.2) is 74.5 Å². The van der Waals surface area contributed by atoms with E-state index in [2.05, 4.69) is 29.4 Å². The maximum atomic E-state index is 13.6. The third-order valence-corrected chi connectivity index (χ3v) is 5.37. The molecular formula is C22H37FIN5O. The number of carbonyl (C=O) groups is 1. The average Bonchev–Trinajstić information content (AvgIpc) is 2.67. The Balaban J connectivity index is 0.00000450. The van der Waals surface area contributed by atoms with Gasteiger partial charge in [-0.3, -0.25) is 14.7 Å². The third kappa shape index (κ3) is 8.37. The number of hydrogen-bond donors (Lipinski definition) is 2. The lowest BCUT2D eigenvalue weighted by Gasteiger charge is -2.33. The smallest absolute Gasteiger partial charge is 0.236 e. The first kappa shape index (κ1) is 26.6. The average molecular weight is 533 g/mol. The molecule has 1 amide bonds. The van der Waals surface area contributed by atoms with Crippen molar-refractivity contribution >= 4 is 35.8 Å². The summed E-state index contributed by atoms with van der Waals surface area (Å²) < 4.78 is 13.6. The van der Waals surface area contributed by atoms with Gasteiger partial charge < -0.3 is 15.5 Å². The molecule has 0 atom stereocenters. The molecule has 1 aromatic rings. The van der Waals surface area contributed by atoms with E-state index in [1.54, 1.807) is 31.1 Å². The fourth-order valence-corrected chi connectivity index (χ4v) is 3.36. The first-order chi connectivity index (χ1) is 13.7. The van der Waals surface area contributed by atoms with Crippen LogP contribution in [0.3, 0.4) is 0 Å². The summed E-state index contributed by atoms with van der Waals surface area (Å²) in [6.07, 6.45) is 1.94. The number of hydrogen-bond acceptors (Lipinski definition) is 3. The van der Waals surface area contributed by atoms with Crippen molar-refractivity contribution in [2.75, 3.05) is 46.8 Å². The minimum absolute atomic E-state index is 0. The highest BCUT2D eigenvalue weighted by Crippen LogP contribution is 2.24. The first-order valence-corrected chi connectivity index (χ1v) is 10.4. The highest BCUT2D eigenvalue weighted by molar-refractivity contribution is 14.0. The van der Waals surface area contributed by atoms with Crippen LogP contribution in [0.4, 0.5) is 4.39 Å². The number of nitrogens with one attached hydrogen (secondary N) is 2. The molecule has 0 spiro atoms. The monoisotopic (exact) mass is 533 g/mol. The zero-order valence-corrected chi connectivity index (χ0v) is 21.2. The molecule has 0 unspecified atom stereocenters. The van der Waals surface area contributed by atoms with Crippen molar-refractivity contribution in [2.24, 2.45) is 4.99 Å². The molecule has 30 heavy (non-hydrogen) atoms. The molecule has 8 heteroatoms. The number of guanidine groups is 1. The minimum atomic E-state index is -0.264. The van der Waals surface area contributed by atoms with Gasteiger partial charge in [-0.05, 0) is 37.5 Å². The van der Waals surface area contributed by atoms with Gasteiger partial charge in [-0.25, -0.2) is 4.39 Å². The molecule has 1 fully saturated rings. The van der Waals surface area contributed by atoms with Crippen molar-refractivity contribution in [2.45, 2.75) is 45.1 Å². The van der Waals surface area contributed by atoms with Gasteiger partial charge in [0, 0.05) is 45.2 Å². The van der Waals surface area contributed by atoms with E-state index < -0.39 is 0 Å². The second-order valence-corrected chi connectivity index (χ2v) is 8.57. The molecule has 0 aliphatic carbocycles. The number of aliphatic imine (C=N–C) groups is 1. The molecule has 2 rings (SSSR count). The fraction of sp³-hybridized carbons (Fsp3) is 0.636. The second kappa shape index (κ2) is 12.4. The van der Waals surface area contributed by atoms with Crippen molar-refractivity contribution in [1.82, 2.24) is 20.4 Å². The highest BCUT2D eigenvalue weighted by Gasteiger charge is 2.24. The Morgan fingerprint density at radius 1 is 1.30 bits per heavy atom. The maximum absolute atomic E-state index is 13.6. The van der Waals surface area contributed by atoms with Crippen LogP contribution in [-0.2, 0) is 10.2 Å². The summed E-state index contributed by atoms with van der Waals surface area (Å²) in [5.74, 6) is 0.717. The molecule has 0 saturated carbocycles. The maximum Gasteiger partial charge on any atom is 0.236 e. The number of amides is 1. The molecule has 1 heterocycles. The Kier molecular flexibility index (Phi) is 11.0. The van der Waals surface area contributed by atoms with E-state index in [-0.39, 0.29) is 41.1 Å². The lowest BCUT2D eigenvalue weighted by atomic mass is 9.85. The largest absolute Gasteiger partial charge is 0.357 e. The Labute approximate surface area is 197 Å². The summed E-state index contributed by atoms with van der Waals surface area (Å²) in [5, 5.41) is 6.85. The number of rotatable bonds is 7. The number of likely N-dealkylation sites (tertiary alicyclic amines) is 1. The molecule has 1 aromatic carbocycles. The standard InChI is InChI=1S/C22H36FN5O.HI/c1-6-24-21(25-16-22(2,3)17-8-7-9-18(23)14-17)26-19-10-12-28(13-11-19)15-20(29)27(4)5;/h7-9,14,19H,6,10-13,15-16H2,1-5H3,(H2,24,25,26);1H. The van der Waals surface area contributed by atoms with E-state index in [0.29, 0.717) is 19.1 Å². The molecule has 2 N–H and O–H groups in total. The quantitative estimate of drug-likeness (QED) is 0.322. The van der Waals surface area contributed by atoms with Gasteiger partial charge in [0.25, 0.3) is 0 Å². The number of benzene rings is 1. The predicted octanol–water partition coefficient (Wildman–Crippen LogP) is 2.83. The number of likely N-dealkylation sites (N-methyl/N-ethyl adjacent to an activating group) is 1. The molecule has 1 saturated heterocycles. The lowest BCUT2D eigenvalue weighted by molar-refractivity contribution is -0.130. The third-order valence-electron chi connectivity index (χ3n) is 5.37. The molecule has 1 aliphatic heterocycles. The van der Waals surface area contributed by atoms with Crippen molar-refractivity contribution in [3.63, 3.8) is 0 Å². The molecule has 1 aliphatic rings. The molecule has 6 nitrogen and oxygen atoms in total. The normalized spacial score (nSPS) is 16.0. The van der Waals surface area contributed by atoms with Crippen LogP contribution in [0.2, 0.25) is 0 Å². The SMILES string of the molecule is CCNC(=NCC(C)(C)c1cccc(F)c1)NC1CCN(CC(=O)N(C)C)CC1.I. The van der Waals surface area contributed by atoms with E-state index >= 15 is 0 Å². The Hall–Kier alpha value is -1.42. The van der Waals surface area contributed by atoms with Crippen LogP contribution < -0.4 is 10.6 Å². The van der Waals surface area contributed by atoms with Gasteiger partial charge in [0.05, 0.1) is 13.1 Å². The lowest BCUT2D eigenvalue weighted by Crippen LogP contribution is -2.50. The second-order valence-electron chi connectivity index (χ2n) is 8.57. The summed E-state index contributed by atoms with van der Waals surface area (Å²) in [5.41, 5.74) is 0.677. The predicted molar refractivity (Wildman–Crippen MR) is 132 cm³/mol. The van der Waals surface area contributed by atoms with Gasteiger partial charge in [0.15, 0.2) is 5.96 Å². The van der Waals surface area contributed by atoms with E-state index in [1.165, 1.54) is 6.07 Å². The Bertz CT molecular complexity index is 703. The fourth-order valence-electron chi connectivity index (χ4n) is 3.36. The summed E-state index contributed by atoms with van der Waals surface area (Å²) in [7, 11) is 3.59. The van der Waals surface area contributed by atoms with E-state index in [1.807, 2.05) is 13.0 Å². The van der Waals surface area contributed by atoms with Gasteiger partial charge in [-0.15, -0.1) is 24.0 Å². The van der Waals surface area contributed by atoms with Crippen LogP contribution in [0.5, 0.6) is 0 Å². The number of halogens is 2. The van der Waals surface area contributed by atoms with Crippen LogP contribution in [0, 0.1) is 5.82 Å². The van der Waals surface area contributed by atoms with E-state index in [4.69, 9.17) is 4.99 Å². The van der Waals surface area contributed by atoms with Crippen molar-refractivity contribution in [1.29, 1.82) is 0 Å². The van der Waals surface area contributed by atoms with E-state index in [0.717, 1.165) is 44.0 Å². The van der Waals surface area contributed by atoms with Gasteiger partial charge in [-0.2, -0.15) is 0 Å². The number of carbonyl (C=O) groups excluding carboxylic acids is 1. The Morgan fingerprint density at radius 2 is 1.97 bits per heavy atom. The van der Waals surface area contributed by atoms with Gasteiger partial charge in [0.1, 0.15) is 5.82 Å². The minimum Gasteiger partial charge on any atom is -0.357 e. The van der Waals surface area contributed by atoms with Crippen molar-refractivity contribution in [3.05, 3.63) is 35.6 Å². The van der Waals surface area contributed by atoms with Crippen molar-refractivity contribution in [3.8, 4) is 0 Å². The Morgan fingerprint density at radius 3 is 2.53 bits per heavy atom. The van der Waals surface area contributed by atoms with Crippen LogP contribution in [0.25, 0.3) is 0 Å². The van der Waals surface area contributed by atoms with Gasteiger partial charge in [0.2, 0.25) is 5.91 Å². The number of piperidine rings is 1. The molecule has 0 radical (unpaired) electrons. The summed E-state index contributed by atoms with van der Waals surface area (Å²) in [6.45, 7) is 9.81.